The molecule has 0 radical (unpaired) electrons. The highest BCUT2D eigenvalue weighted by molar-refractivity contribution is 9.10. The minimum Gasteiger partial charge on any atom is -0.321 e. The van der Waals surface area contributed by atoms with E-state index in [9.17, 15) is 0 Å². The van der Waals surface area contributed by atoms with Crippen molar-refractivity contribution in [2.24, 2.45) is 5.73 Å². The third-order valence-corrected chi connectivity index (χ3v) is 1.98. The normalized spacial score (nSPS) is 12.5. The quantitative estimate of drug-likeness (QED) is 0.749. The lowest BCUT2D eigenvalue weighted by Crippen LogP contribution is -2.05. The topological polar surface area (TPSA) is 26.0 Å². The van der Waals surface area contributed by atoms with Crippen LogP contribution in [0.1, 0.15) is 11.6 Å². The van der Waals surface area contributed by atoms with Gasteiger partial charge in [-0.2, -0.15) is 0 Å². The van der Waals surface area contributed by atoms with Gasteiger partial charge in [-0.15, -0.1) is 6.58 Å². The molecule has 0 saturated heterocycles. The van der Waals surface area contributed by atoms with Crippen LogP contribution in [-0.4, -0.2) is 0 Å². The van der Waals surface area contributed by atoms with Gasteiger partial charge in [0.2, 0.25) is 0 Å². The Labute approximate surface area is 75.0 Å². The zero-order valence-electron chi connectivity index (χ0n) is 6.13. The van der Waals surface area contributed by atoms with Crippen LogP contribution in [0.3, 0.4) is 0 Å². The van der Waals surface area contributed by atoms with Crippen molar-refractivity contribution in [2.45, 2.75) is 6.04 Å². The first kappa shape index (κ1) is 8.50. The lowest BCUT2D eigenvalue weighted by molar-refractivity contribution is 0.913. The minimum atomic E-state index is -0.0625. The molecule has 0 aliphatic rings. The molecule has 0 spiro atoms. The Morgan fingerprint density at radius 3 is 2.82 bits per heavy atom. The van der Waals surface area contributed by atoms with Crippen molar-refractivity contribution in [3.05, 3.63) is 47.0 Å². The van der Waals surface area contributed by atoms with Gasteiger partial charge in [0.05, 0.1) is 0 Å². The van der Waals surface area contributed by atoms with Gasteiger partial charge in [0.1, 0.15) is 0 Å². The Kier molecular flexibility index (Phi) is 2.85. The van der Waals surface area contributed by atoms with Gasteiger partial charge in [-0.05, 0) is 17.7 Å². The molecule has 0 saturated carbocycles. The fourth-order valence-electron chi connectivity index (χ4n) is 0.850. The molecule has 58 valence electrons. The van der Waals surface area contributed by atoms with E-state index < -0.39 is 0 Å². The van der Waals surface area contributed by atoms with Crippen LogP contribution in [0.5, 0.6) is 0 Å². The molecule has 1 rings (SSSR count). The molecule has 0 aliphatic carbocycles. The van der Waals surface area contributed by atoms with Crippen LogP contribution < -0.4 is 5.73 Å². The largest absolute Gasteiger partial charge is 0.321 e. The zero-order chi connectivity index (χ0) is 8.27. The molecule has 2 heteroatoms. The van der Waals surface area contributed by atoms with Crippen molar-refractivity contribution in [1.29, 1.82) is 0 Å². The van der Waals surface area contributed by atoms with Crippen LogP contribution in [0, 0.1) is 0 Å². The molecule has 0 bridgehead atoms. The summed E-state index contributed by atoms with van der Waals surface area (Å²) in [6.45, 7) is 3.63. The summed E-state index contributed by atoms with van der Waals surface area (Å²) in [5, 5.41) is 0. The lowest BCUT2D eigenvalue weighted by atomic mass is 10.1. The Morgan fingerprint density at radius 2 is 2.27 bits per heavy atom. The van der Waals surface area contributed by atoms with Gasteiger partial charge >= 0.3 is 0 Å². The van der Waals surface area contributed by atoms with Crippen LogP contribution in [0.4, 0.5) is 0 Å². The average Bonchev–Trinajstić information content (AvgIpc) is 2.03. The summed E-state index contributed by atoms with van der Waals surface area (Å²) < 4.78 is 1.05. The smallest absolute Gasteiger partial charge is 0.0478 e. The molecule has 0 amide bonds. The van der Waals surface area contributed by atoms with Crippen molar-refractivity contribution >= 4 is 15.9 Å². The second-order valence-corrected chi connectivity index (χ2v) is 3.23. The van der Waals surface area contributed by atoms with Gasteiger partial charge < -0.3 is 5.73 Å². The highest BCUT2D eigenvalue weighted by atomic mass is 79.9. The van der Waals surface area contributed by atoms with Gasteiger partial charge in [-0.25, -0.2) is 0 Å². The third-order valence-electron chi connectivity index (χ3n) is 1.49. The van der Waals surface area contributed by atoms with Crippen molar-refractivity contribution in [2.75, 3.05) is 0 Å². The van der Waals surface area contributed by atoms with Crippen molar-refractivity contribution in [1.82, 2.24) is 0 Å². The second kappa shape index (κ2) is 3.69. The predicted octanol–water partition coefficient (Wildman–Crippen LogP) is 2.63. The standard InChI is InChI=1S/C9H10BrN/c1-2-9(11)7-4-3-5-8(10)6-7/h2-6,9H,1,11H2. The van der Waals surface area contributed by atoms with Crippen molar-refractivity contribution in [3.8, 4) is 0 Å². The van der Waals surface area contributed by atoms with Gasteiger partial charge in [0, 0.05) is 10.5 Å². The van der Waals surface area contributed by atoms with Gasteiger partial charge in [-0.1, -0.05) is 34.1 Å². The molecule has 0 aliphatic heterocycles. The Hall–Kier alpha value is -0.600. The first-order valence-corrected chi connectivity index (χ1v) is 4.17. The summed E-state index contributed by atoms with van der Waals surface area (Å²) in [7, 11) is 0. The number of hydrogen-bond donors (Lipinski definition) is 1. The number of nitrogens with two attached hydrogens (primary N) is 1. The van der Waals surface area contributed by atoms with Crippen LogP contribution in [0.2, 0.25) is 0 Å². The number of benzene rings is 1. The maximum Gasteiger partial charge on any atom is 0.0478 e. The molecule has 1 aromatic carbocycles. The fourth-order valence-corrected chi connectivity index (χ4v) is 1.27. The van der Waals surface area contributed by atoms with E-state index in [1.165, 1.54) is 0 Å². The molecule has 1 unspecified atom stereocenters. The van der Waals surface area contributed by atoms with E-state index in [2.05, 4.69) is 22.5 Å². The first-order chi connectivity index (χ1) is 5.24. The molecular weight excluding hydrogens is 202 g/mol. The molecule has 1 aromatic rings. The Balaban J connectivity index is 2.95. The van der Waals surface area contributed by atoms with Gasteiger partial charge in [0.15, 0.2) is 0 Å². The van der Waals surface area contributed by atoms with Gasteiger partial charge in [-0.3, -0.25) is 0 Å². The predicted molar refractivity (Wildman–Crippen MR) is 51.3 cm³/mol. The molecule has 2 N–H and O–H groups in total. The van der Waals surface area contributed by atoms with Crippen LogP contribution >= 0.6 is 15.9 Å². The number of rotatable bonds is 2. The van der Waals surface area contributed by atoms with E-state index >= 15 is 0 Å². The summed E-state index contributed by atoms with van der Waals surface area (Å²) in [5.41, 5.74) is 6.80. The second-order valence-electron chi connectivity index (χ2n) is 2.32. The van der Waals surface area contributed by atoms with E-state index in [0.29, 0.717) is 0 Å². The summed E-state index contributed by atoms with van der Waals surface area (Å²) in [6.07, 6.45) is 1.72. The zero-order valence-corrected chi connectivity index (χ0v) is 7.71. The van der Waals surface area contributed by atoms with Crippen LogP contribution in [0.25, 0.3) is 0 Å². The van der Waals surface area contributed by atoms with E-state index in [4.69, 9.17) is 5.73 Å². The highest BCUT2D eigenvalue weighted by Gasteiger charge is 1.99. The molecule has 1 nitrogen and oxygen atoms in total. The first-order valence-electron chi connectivity index (χ1n) is 3.37. The Bertz CT molecular complexity index is 257. The lowest BCUT2D eigenvalue weighted by Gasteiger charge is -2.05. The van der Waals surface area contributed by atoms with Gasteiger partial charge in [0.25, 0.3) is 0 Å². The average molecular weight is 212 g/mol. The van der Waals surface area contributed by atoms with Crippen molar-refractivity contribution in [3.63, 3.8) is 0 Å². The molecular formula is C9H10BrN. The van der Waals surface area contributed by atoms with Crippen LogP contribution in [0.15, 0.2) is 41.4 Å². The summed E-state index contributed by atoms with van der Waals surface area (Å²) in [4.78, 5) is 0. The SMILES string of the molecule is C=CC(N)c1cccc(Br)c1. The molecule has 11 heavy (non-hydrogen) atoms. The molecule has 0 heterocycles. The number of halogens is 1. The van der Waals surface area contributed by atoms with E-state index in [1.807, 2.05) is 24.3 Å². The van der Waals surface area contributed by atoms with E-state index in [-0.39, 0.29) is 6.04 Å². The maximum atomic E-state index is 5.72. The Morgan fingerprint density at radius 1 is 1.55 bits per heavy atom. The highest BCUT2D eigenvalue weighted by Crippen LogP contribution is 2.16. The van der Waals surface area contributed by atoms with Crippen molar-refractivity contribution < 1.29 is 0 Å². The molecule has 0 aromatic heterocycles. The summed E-state index contributed by atoms with van der Waals surface area (Å²) >= 11 is 3.37. The van der Waals surface area contributed by atoms with Crippen LogP contribution in [-0.2, 0) is 0 Å². The third kappa shape index (κ3) is 2.17. The fraction of sp³-hybridized carbons (Fsp3) is 0.111. The maximum absolute atomic E-state index is 5.72. The number of hydrogen-bond acceptors (Lipinski definition) is 1. The monoisotopic (exact) mass is 211 g/mol. The minimum absolute atomic E-state index is 0.0625. The van der Waals surface area contributed by atoms with E-state index in [0.717, 1.165) is 10.0 Å². The van der Waals surface area contributed by atoms with E-state index in [1.54, 1.807) is 6.08 Å². The summed E-state index contributed by atoms with van der Waals surface area (Å²) in [5.74, 6) is 0. The summed E-state index contributed by atoms with van der Waals surface area (Å²) in [6, 6.07) is 7.85. The molecule has 0 fully saturated rings. The molecule has 1 atom stereocenters.